The van der Waals surface area contributed by atoms with Gasteiger partial charge in [-0.1, -0.05) is 6.07 Å². The highest BCUT2D eigenvalue weighted by Gasteiger charge is 2.10. The van der Waals surface area contributed by atoms with Gasteiger partial charge in [-0.15, -0.1) is 0 Å². The number of primary sulfonamides is 1. The molecule has 0 radical (unpaired) electrons. The highest BCUT2D eigenvalue weighted by Crippen LogP contribution is 2.19. The zero-order valence-corrected chi connectivity index (χ0v) is 9.93. The standard InChI is InChI=1S/C10H16N2O2S/c1-7(2)12-10-6-9(15(11,13)14)5-4-8(10)3/h4-7,12H,1-3H3,(H2,11,13,14). The minimum Gasteiger partial charge on any atom is -0.383 e. The molecule has 1 aromatic carbocycles. The van der Waals surface area contributed by atoms with E-state index in [4.69, 9.17) is 5.14 Å². The predicted molar refractivity (Wildman–Crippen MR) is 61.3 cm³/mol. The molecule has 0 atom stereocenters. The monoisotopic (exact) mass is 228 g/mol. The average molecular weight is 228 g/mol. The molecule has 0 aliphatic carbocycles. The highest BCUT2D eigenvalue weighted by atomic mass is 32.2. The molecule has 15 heavy (non-hydrogen) atoms. The van der Waals surface area contributed by atoms with Gasteiger partial charge < -0.3 is 5.32 Å². The third-order valence-corrected chi connectivity index (χ3v) is 2.89. The molecule has 5 heteroatoms. The van der Waals surface area contributed by atoms with Crippen LogP contribution in [0.15, 0.2) is 23.1 Å². The van der Waals surface area contributed by atoms with E-state index in [-0.39, 0.29) is 10.9 Å². The van der Waals surface area contributed by atoms with Crippen LogP contribution in [0.4, 0.5) is 5.69 Å². The minimum atomic E-state index is -3.62. The summed E-state index contributed by atoms with van der Waals surface area (Å²) in [5.41, 5.74) is 1.80. The molecule has 0 saturated carbocycles. The molecule has 1 rings (SSSR count). The Morgan fingerprint density at radius 3 is 2.40 bits per heavy atom. The van der Waals surface area contributed by atoms with Gasteiger partial charge in [-0.2, -0.15) is 0 Å². The number of benzene rings is 1. The Bertz CT molecular complexity index is 452. The fourth-order valence-electron chi connectivity index (χ4n) is 1.24. The number of nitrogens with one attached hydrogen (secondary N) is 1. The Kier molecular flexibility index (Phi) is 3.36. The molecule has 0 aliphatic rings. The van der Waals surface area contributed by atoms with Crippen molar-refractivity contribution in [2.75, 3.05) is 5.32 Å². The molecule has 0 fully saturated rings. The zero-order chi connectivity index (χ0) is 11.6. The van der Waals surface area contributed by atoms with Crippen LogP contribution >= 0.6 is 0 Å². The van der Waals surface area contributed by atoms with Crippen molar-refractivity contribution in [1.29, 1.82) is 0 Å². The molecule has 0 spiro atoms. The first-order valence-corrected chi connectivity index (χ1v) is 6.25. The van der Waals surface area contributed by atoms with Crippen LogP contribution in [0.1, 0.15) is 19.4 Å². The van der Waals surface area contributed by atoms with Crippen LogP contribution in [0.5, 0.6) is 0 Å². The van der Waals surface area contributed by atoms with Gasteiger partial charge in [-0.3, -0.25) is 0 Å². The Hall–Kier alpha value is -1.07. The van der Waals surface area contributed by atoms with E-state index >= 15 is 0 Å². The summed E-state index contributed by atoms with van der Waals surface area (Å²) < 4.78 is 22.3. The molecule has 0 bridgehead atoms. The molecule has 0 aromatic heterocycles. The summed E-state index contributed by atoms with van der Waals surface area (Å²) in [4.78, 5) is 0.135. The molecule has 0 amide bonds. The van der Waals surface area contributed by atoms with Crippen molar-refractivity contribution in [3.05, 3.63) is 23.8 Å². The van der Waals surface area contributed by atoms with Crippen LogP contribution in [-0.4, -0.2) is 14.5 Å². The van der Waals surface area contributed by atoms with Gasteiger partial charge in [0.15, 0.2) is 0 Å². The molecule has 84 valence electrons. The van der Waals surface area contributed by atoms with Crippen LogP contribution in [0, 0.1) is 6.92 Å². The van der Waals surface area contributed by atoms with E-state index in [2.05, 4.69) is 5.32 Å². The summed E-state index contributed by atoms with van der Waals surface area (Å²) in [6.45, 7) is 5.89. The SMILES string of the molecule is Cc1ccc(S(N)(=O)=O)cc1NC(C)C. The van der Waals surface area contributed by atoms with E-state index in [1.54, 1.807) is 12.1 Å². The van der Waals surface area contributed by atoms with Crippen LogP contribution in [0.3, 0.4) is 0 Å². The summed E-state index contributed by atoms with van der Waals surface area (Å²) in [6, 6.07) is 5.06. The van der Waals surface area contributed by atoms with Gasteiger partial charge >= 0.3 is 0 Å². The molecule has 1 aromatic rings. The predicted octanol–water partition coefficient (Wildman–Crippen LogP) is 1.46. The first-order chi connectivity index (χ1) is 6.80. The second kappa shape index (κ2) is 4.20. The maximum absolute atomic E-state index is 11.1. The highest BCUT2D eigenvalue weighted by molar-refractivity contribution is 7.89. The van der Waals surface area contributed by atoms with Crippen molar-refractivity contribution in [3.8, 4) is 0 Å². The molecule has 3 N–H and O–H groups in total. The fraction of sp³-hybridized carbons (Fsp3) is 0.400. The van der Waals surface area contributed by atoms with Gasteiger partial charge in [0, 0.05) is 11.7 Å². The first kappa shape index (κ1) is 12.0. The number of rotatable bonds is 3. The fourth-order valence-corrected chi connectivity index (χ4v) is 1.78. The second-order valence-corrected chi connectivity index (χ2v) is 5.38. The summed E-state index contributed by atoms with van der Waals surface area (Å²) >= 11 is 0. The Balaban J connectivity index is 3.17. The molecule has 0 saturated heterocycles. The summed E-state index contributed by atoms with van der Waals surface area (Å²) in [7, 11) is -3.62. The van der Waals surface area contributed by atoms with Crippen LogP contribution < -0.4 is 10.5 Å². The molecule has 0 aliphatic heterocycles. The van der Waals surface area contributed by atoms with E-state index in [0.717, 1.165) is 11.3 Å². The number of sulfonamides is 1. The molecule has 0 unspecified atom stereocenters. The Labute approximate surface area is 90.5 Å². The normalized spacial score (nSPS) is 11.8. The summed E-state index contributed by atoms with van der Waals surface area (Å²) in [5.74, 6) is 0. The third-order valence-electron chi connectivity index (χ3n) is 1.98. The maximum atomic E-state index is 11.1. The van der Waals surface area contributed by atoms with E-state index in [0.29, 0.717) is 0 Å². The molecule has 0 heterocycles. The lowest BCUT2D eigenvalue weighted by atomic mass is 10.2. The van der Waals surface area contributed by atoms with Crippen LogP contribution in [-0.2, 0) is 10.0 Å². The van der Waals surface area contributed by atoms with Gasteiger partial charge in [-0.25, -0.2) is 13.6 Å². The largest absolute Gasteiger partial charge is 0.383 e. The maximum Gasteiger partial charge on any atom is 0.238 e. The lowest BCUT2D eigenvalue weighted by molar-refractivity contribution is 0.598. The van der Waals surface area contributed by atoms with E-state index < -0.39 is 10.0 Å². The second-order valence-electron chi connectivity index (χ2n) is 3.82. The first-order valence-electron chi connectivity index (χ1n) is 4.70. The van der Waals surface area contributed by atoms with Gasteiger partial charge in [-0.05, 0) is 38.5 Å². The van der Waals surface area contributed by atoms with E-state index in [1.807, 2.05) is 20.8 Å². The van der Waals surface area contributed by atoms with Crippen LogP contribution in [0.2, 0.25) is 0 Å². The third kappa shape index (κ3) is 3.21. The van der Waals surface area contributed by atoms with Crippen LogP contribution in [0.25, 0.3) is 0 Å². The van der Waals surface area contributed by atoms with Crippen molar-refractivity contribution in [2.24, 2.45) is 5.14 Å². The Morgan fingerprint density at radius 2 is 1.93 bits per heavy atom. The number of nitrogens with two attached hydrogens (primary N) is 1. The number of aryl methyl sites for hydroxylation is 1. The Morgan fingerprint density at radius 1 is 1.33 bits per heavy atom. The van der Waals surface area contributed by atoms with E-state index in [9.17, 15) is 8.42 Å². The zero-order valence-electron chi connectivity index (χ0n) is 9.11. The van der Waals surface area contributed by atoms with Crippen molar-refractivity contribution >= 4 is 15.7 Å². The van der Waals surface area contributed by atoms with Gasteiger partial charge in [0.05, 0.1) is 4.90 Å². The number of anilines is 1. The lowest BCUT2D eigenvalue weighted by Gasteiger charge is -2.13. The summed E-state index contributed by atoms with van der Waals surface area (Å²) in [5, 5.41) is 8.22. The van der Waals surface area contributed by atoms with Gasteiger partial charge in [0.25, 0.3) is 0 Å². The molecular formula is C10H16N2O2S. The van der Waals surface area contributed by atoms with Gasteiger partial charge in [0.1, 0.15) is 0 Å². The lowest BCUT2D eigenvalue weighted by Crippen LogP contribution is -2.15. The van der Waals surface area contributed by atoms with Gasteiger partial charge in [0.2, 0.25) is 10.0 Å². The quantitative estimate of drug-likeness (QED) is 0.822. The summed E-state index contributed by atoms with van der Waals surface area (Å²) in [6.07, 6.45) is 0. The van der Waals surface area contributed by atoms with Crippen molar-refractivity contribution in [3.63, 3.8) is 0 Å². The van der Waals surface area contributed by atoms with Crippen molar-refractivity contribution in [1.82, 2.24) is 0 Å². The van der Waals surface area contributed by atoms with Crippen molar-refractivity contribution < 1.29 is 8.42 Å². The average Bonchev–Trinajstić information content (AvgIpc) is 2.06. The molecular weight excluding hydrogens is 212 g/mol. The number of hydrogen-bond donors (Lipinski definition) is 2. The van der Waals surface area contributed by atoms with E-state index in [1.165, 1.54) is 6.07 Å². The smallest absolute Gasteiger partial charge is 0.238 e. The van der Waals surface area contributed by atoms with Crippen molar-refractivity contribution in [2.45, 2.75) is 31.7 Å². The molecule has 4 nitrogen and oxygen atoms in total. The minimum absolute atomic E-state index is 0.135. The topological polar surface area (TPSA) is 72.2 Å². The number of hydrogen-bond acceptors (Lipinski definition) is 3.